The highest BCUT2D eigenvalue weighted by Gasteiger charge is 2.20. The van der Waals surface area contributed by atoms with E-state index in [-0.39, 0.29) is 24.7 Å². The molecule has 0 aromatic carbocycles. The average Bonchev–Trinajstić information content (AvgIpc) is 2.93. The highest BCUT2D eigenvalue weighted by atomic mass is 16.2. The highest BCUT2D eigenvalue weighted by Crippen LogP contribution is 2.15. The molecule has 182 valence electrons. The monoisotopic (exact) mass is 480 g/mol. The Morgan fingerprint density at radius 1 is 0.500 bits per heavy atom. The van der Waals surface area contributed by atoms with Crippen LogP contribution in [0.15, 0.2) is 98.1 Å². The number of hydrogen-bond donors (Lipinski definition) is 0. The van der Waals surface area contributed by atoms with Crippen LogP contribution in [0.3, 0.4) is 0 Å². The minimum atomic E-state index is -0.0984. The quantitative estimate of drug-likeness (QED) is 0.324. The van der Waals surface area contributed by atoms with Crippen molar-refractivity contribution in [1.29, 1.82) is 0 Å². The SMILES string of the molecule is O=C(CCC(=O)N(Cc1cccnc1)Cc1cccnc1)N(Cc1cccnc1)Cc1cccnc1. The zero-order chi connectivity index (χ0) is 25.0. The van der Waals surface area contributed by atoms with Crippen LogP contribution in [0, 0.1) is 0 Å². The lowest BCUT2D eigenvalue weighted by molar-refractivity contribution is -0.138. The van der Waals surface area contributed by atoms with Gasteiger partial charge in [-0.1, -0.05) is 24.3 Å². The van der Waals surface area contributed by atoms with Crippen molar-refractivity contribution in [3.05, 3.63) is 120 Å². The Kier molecular flexibility index (Phi) is 8.80. The number of carbonyl (C=O) groups excluding carboxylic acids is 2. The normalized spacial score (nSPS) is 10.6. The third-order valence-electron chi connectivity index (χ3n) is 5.64. The van der Waals surface area contributed by atoms with E-state index in [0.29, 0.717) is 26.2 Å². The van der Waals surface area contributed by atoms with Crippen LogP contribution in [0.1, 0.15) is 35.1 Å². The van der Waals surface area contributed by atoms with Crippen molar-refractivity contribution >= 4 is 11.8 Å². The summed E-state index contributed by atoms with van der Waals surface area (Å²) in [4.78, 5) is 46.7. The van der Waals surface area contributed by atoms with Gasteiger partial charge < -0.3 is 9.80 Å². The second-order valence-corrected chi connectivity index (χ2v) is 8.44. The molecular weight excluding hydrogens is 452 g/mol. The van der Waals surface area contributed by atoms with Crippen LogP contribution in [-0.4, -0.2) is 41.6 Å². The summed E-state index contributed by atoms with van der Waals surface area (Å²) in [6.45, 7) is 1.63. The lowest BCUT2D eigenvalue weighted by Gasteiger charge is -2.25. The van der Waals surface area contributed by atoms with E-state index in [1.807, 2.05) is 48.5 Å². The molecule has 8 nitrogen and oxygen atoms in total. The molecule has 0 aliphatic rings. The largest absolute Gasteiger partial charge is 0.334 e. The number of amides is 2. The summed E-state index contributed by atoms with van der Waals surface area (Å²) in [6.07, 6.45) is 14.0. The van der Waals surface area contributed by atoms with Gasteiger partial charge in [-0.25, -0.2) is 0 Å². The third-order valence-corrected chi connectivity index (χ3v) is 5.64. The minimum Gasteiger partial charge on any atom is -0.334 e. The molecule has 0 saturated heterocycles. The molecular formula is C28H28N6O2. The van der Waals surface area contributed by atoms with Gasteiger partial charge in [0, 0.05) is 88.6 Å². The Morgan fingerprint density at radius 3 is 1.00 bits per heavy atom. The Bertz CT molecular complexity index is 1040. The molecule has 2 amide bonds. The van der Waals surface area contributed by atoms with Gasteiger partial charge in [-0.05, 0) is 46.5 Å². The van der Waals surface area contributed by atoms with Gasteiger partial charge in [0.15, 0.2) is 0 Å². The zero-order valence-corrected chi connectivity index (χ0v) is 20.0. The van der Waals surface area contributed by atoms with Crippen molar-refractivity contribution in [2.24, 2.45) is 0 Å². The van der Waals surface area contributed by atoms with Crippen LogP contribution in [-0.2, 0) is 35.8 Å². The Balaban J connectivity index is 1.44. The van der Waals surface area contributed by atoms with Crippen LogP contribution in [0.2, 0.25) is 0 Å². The van der Waals surface area contributed by atoms with E-state index in [9.17, 15) is 9.59 Å². The first-order valence-corrected chi connectivity index (χ1v) is 11.8. The molecule has 0 fully saturated rings. The van der Waals surface area contributed by atoms with E-state index in [4.69, 9.17) is 0 Å². The van der Waals surface area contributed by atoms with Crippen LogP contribution in [0.5, 0.6) is 0 Å². The van der Waals surface area contributed by atoms with Crippen molar-refractivity contribution in [2.45, 2.75) is 39.0 Å². The fraction of sp³-hybridized carbons (Fsp3) is 0.214. The van der Waals surface area contributed by atoms with Gasteiger partial charge in [0.2, 0.25) is 11.8 Å². The van der Waals surface area contributed by atoms with Gasteiger partial charge in [-0.2, -0.15) is 0 Å². The molecule has 4 aromatic heterocycles. The van der Waals surface area contributed by atoms with E-state index >= 15 is 0 Å². The summed E-state index contributed by atoms with van der Waals surface area (Å²) in [5, 5.41) is 0. The summed E-state index contributed by atoms with van der Waals surface area (Å²) in [5.41, 5.74) is 3.71. The van der Waals surface area contributed by atoms with E-state index in [1.54, 1.807) is 59.4 Å². The standard InChI is InChI=1S/C28H28N6O2/c35-27(33(19-23-5-1-11-29-15-23)20-24-6-2-12-30-16-24)9-10-28(36)34(21-25-7-3-13-31-17-25)22-26-8-4-14-32-18-26/h1-8,11-18H,9-10,19-22H2. The predicted octanol–water partition coefficient (Wildman–Crippen LogP) is 3.80. The number of carbonyl (C=O) groups is 2. The first-order chi connectivity index (χ1) is 17.7. The van der Waals surface area contributed by atoms with Crippen LogP contribution in [0.4, 0.5) is 0 Å². The maximum atomic E-state index is 13.3. The van der Waals surface area contributed by atoms with E-state index in [0.717, 1.165) is 22.3 Å². The highest BCUT2D eigenvalue weighted by molar-refractivity contribution is 5.83. The maximum absolute atomic E-state index is 13.3. The number of hydrogen-bond acceptors (Lipinski definition) is 6. The van der Waals surface area contributed by atoms with Gasteiger partial charge in [0.25, 0.3) is 0 Å². The summed E-state index contributed by atoms with van der Waals surface area (Å²) >= 11 is 0. The smallest absolute Gasteiger partial charge is 0.223 e. The van der Waals surface area contributed by atoms with Crippen molar-refractivity contribution in [3.8, 4) is 0 Å². The maximum Gasteiger partial charge on any atom is 0.223 e. The number of nitrogens with zero attached hydrogens (tertiary/aromatic N) is 6. The lowest BCUT2D eigenvalue weighted by atomic mass is 10.1. The molecule has 0 saturated carbocycles. The molecule has 4 rings (SSSR count). The molecule has 0 unspecified atom stereocenters. The number of aromatic nitrogens is 4. The fourth-order valence-electron chi connectivity index (χ4n) is 3.84. The Morgan fingerprint density at radius 2 is 0.778 bits per heavy atom. The molecule has 8 heteroatoms. The van der Waals surface area contributed by atoms with Gasteiger partial charge in [-0.15, -0.1) is 0 Å². The van der Waals surface area contributed by atoms with Crippen LogP contribution in [0.25, 0.3) is 0 Å². The second-order valence-electron chi connectivity index (χ2n) is 8.44. The van der Waals surface area contributed by atoms with Crippen LogP contribution < -0.4 is 0 Å². The molecule has 0 aliphatic heterocycles. The molecule has 0 bridgehead atoms. The lowest BCUT2D eigenvalue weighted by Crippen LogP contribution is -2.33. The van der Waals surface area contributed by atoms with E-state index in [2.05, 4.69) is 19.9 Å². The molecule has 0 spiro atoms. The molecule has 4 heterocycles. The minimum absolute atomic E-state index is 0.0984. The average molecular weight is 481 g/mol. The molecule has 4 aromatic rings. The number of pyridine rings is 4. The third kappa shape index (κ3) is 7.53. The number of rotatable bonds is 11. The molecule has 36 heavy (non-hydrogen) atoms. The summed E-state index contributed by atoms with van der Waals surface area (Å²) in [6, 6.07) is 15.1. The van der Waals surface area contributed by atoms with Crippen molar-refractivity contribution in [3.63, 3.8) is 0 Å². The van der Waals surface area contributed by atoms with Crippen molar-refractivity contribution in [1.82, 2.24) is 29.7 Å². The molecule has 0 atom stereocenters. The van der Waals surface area contributed by atoms with Gasteiger partial charge in [0.05, 0.1) is 0 Å². The Hall–Kier alpha value is -4.46. The predicted molar refractivity (Wildman–Crippen MR) is 135 cm³/mol. The van der Waals surface area contributed by atoms with Crippen molar-refractivity contribution in [2.75, 3.05) is 0 Å². The first-order valence-electron chi connectivity index (χ1n) is 11.8. The molecule has 0 radical (unpaired) electrons. The molecule has 0 aliphatic carbocycles. The van der Waals surface area contributed by atoms with Gasteiger partial charge in [0.1, 0.15) is 0 Å². The topological polar surface area (TPSA) is 92.2 Å². The first kappa shape index (κ1) is 24.7. The summed E-state index contributed by atoms with van der Waals surface area (Å²) in [7, 11) is 0. The van der Waals surface area contributed by atoms with Gasteiger partial charge >= 0.3 is 0 Å². The van der Waals surface area contributed by atoms with E-state index < -0.39 is 0 Å². The second kappa shape index (κ2) is 12.9. The van der Waals surface area contributed by atoms with Gasteiger partial charge in [-0.3, -0.25) is 29.5 Å². The molecule has 0 N–H and O–H groups in total. The zero-order valence-electron chi connectivity index (χ0n) is 20.0. The fourth-order valence-corrected chi connectivity index (χ4v) is 3.84. The summed E-state index contributed by atoms with van der Waals surface area (Å²) in [5.74, 6) is -0.197. The Labute approximate surface area is 210 Å². The van der Waals surface area contributed by atoms with Crippen LogP contribution >= 0.6 is 0 Å². The van der Waals surface area contributed by atoms with Crippen molar-refractivity contribution < 1.29 is 9.59 Å². The summed E-state index contributed by atoms with van der Waals surface area (Å²) < 4.78 is 0. The van der Waals surface area contributed by atoms with E-state index in [1.165, 1.54) is 0 Å².